The average molecular weight is 269 g/mol. The summed E-state index contributed by atoms with van der Waals surface area (Å²) in [5.74, 6) is 0.000142. The highest BCUT2D eigenvalue weighted by molar-refractivity contribution is 5.98. The molecule has 0 bridgehead atoms. The minimum atomic E-state index is -0.105. The quantitative estimate of drug-likeness (QED) is 0.878. The number of aromatic nitrogens is 1. The van der Waals surface area contributed by atoms with Crippen LogP contribution in [0.1, 0.15) is 30.1 Å². The van der Waals surface area contributed by atoms with Gasteiger partial charge < -0.3 is 10.6 Å². The fourth-order valence-corrected chi connectivity index (χ4v) is 2.67. The Morgan fingerprint density at radius 1 is 1.30 bits per heavy atom. The molecular weight excluding hydrogens is 250 g/mol. The highest BCUT2D eigenvalue weighted by Crippen LogP contribution is 2.19. The van der Waals surface area contributed by atoms with Crippen molar-refractivity contribution in [1.29, 1.82) is 0 Å². The van der Waals surface area contributed by atoms with Gasteiger partial charge in [0.1, 0.15) is 0 Å². The monoisotopic (exact) mass is 269 g/mol. The second kappa shape index (κ2) is 5.21. The van der Waals surface area contributed by atoms with Crippen molar-refractivity contribution in [2.24, 2.45) is 0 Å². The van der Waals surface area contributed by atoms with E-state index in [1.807, 2.05) is 30.3 Å². The van der Waals surface area contributed by atoms with Crippen molar-refractivity contribution >= 4 is 16.8 Å². The van der Waals surface area contributed by atoms with Gasteiger partial charge in [-0.05, 0) is 57.1 Å². The van der Waals surface area contributed by atoms with Gasteiger partial charge in [-0.3, -0.25) is 9.78 Å². The van der Waals surface area contributed by atoms with Crippen LogP contribution in [-0.2, 0) is 0 Å². The number of amides is 1. The van der Waals surface area contributed by atoms with Crippen LogP contribution in [0, 0.1) is 0 Å². The number of hydrogen-bond acceptors (Lipinski definition) is 3. The van der Waals surface area contributed by atoms with Gasteiger partial charge in [0.05, 0.1) is 5.52 Å². The van der Waals surface area contributed by atoms with Crippen molar-refractivity contribution in [3.05, 3.63) is 42.1 Å². The van der Waals surface area contributed by atoms with Crippen molar-refractivity contribution < 1.29 is 4.79 Å². The number of fused-ring (bicyclic) bond motifs is 1. The molecule has 0 radical (unpaired) electrons. The summed E-state index contributed by atoms with van der Waals surface area (Å²) in [5, 5.41) is 7.49. The summed E-state index contributed by atoms with van der Waals surface area (Å²) >= 11 is 0. The fraction of sp³-hybridized carbons (Fsp3) is 0.375. The van der Waals surface area contributed by atoms with Gasteiger partial charge in [-0.1, -0.05) is 6.07 Å². The maximum Gasteiger partial charge on any atom is 0.251 e. The number of nitrogens with one attached hydrogen (secondary N) is 2. The Hall–Kier alpha value is -1.94. The third-order valence-corrected chi connectivity index (χ3v) is 3.99. The lowest BCUT2D eigenvalue weighted by molar-refractivity contribution is 0.0887. The van der Waals surface area contributed by atoms with Gasteiger partial charge in [-0.25, -0.2) is 0 Å². The van der Waals surface area contributed by atoms with Crippen molar-refractivity contribution in [2.75, 3.05) is 13.1 Å². The number of carbonyl (C=O) groups excluding carboxylic acids is 1. The van der Waals surface area contributed by atoms with Crippen molar-refractivity contribution in [3.63, 3.8) is 0 Å². The van der Waals surface area contributed by atoms with E-state index in [-0.39, 0.29) is 11.4 Å². The normalized spacial score (nSPS) is 17.9. The van der Waals surface area contributed by atoms with E-state index in [9.17, 15) is 4.79 Å². The third-order valence-electron chi connectivity index (χ3n) is 3.99. The topological polar surface area (TPSA) is 54.0 Å². The highest BCUT2D eigenvalue weighted by atomic mass is 16.1. The van der Waals surface area contributed by atoms with Crippen LogP contribution in [0.5, 0.6) is 0 Å². The fourth-order valence-electron chi connectivity index (χ4n) is 2.67. The zero-order valence-corrected chi connectivity index (χ0v) is 11.6. The summed E-state index contributed by atoms with van der Waals surface area (Å²) in [4.78, 5) is 16.7. The average Bonchev–Trinajstić information content (AvgIpc) is 2.47. The van der Waals surface area contributed by atoms with Gasteiger partial charge in [-0.15, -0.1) is 0 Å². The minimum absolute atomic E-state index is 0.000142. The zero-order chi connectivity index (χ0) is 14.0. The number of nitrogens with zero attached hydrogens (tertiary/aromatic N) is 1. The number of rotatable bonds is 2. The Labute approximate surface area is 118 Å². The number of hydrogen-bond donors (Lipinski definition) is 2. The van der Waals surface area contributed by atoms with Gasteiger partial charge in [0.2, 0.25) is 0 Å². The van der Waals surface area contributed by atoms with Crippen LogP contribution in [0.4, 0.5) is 0 Å². The molecule has 4 heteroatoms. The van der Waals surface area contributed by atoms with Crippen LogP contribution in [0.25, 0.3) is 10.9 Å². The molecule has 2 heterocycles. The molecule has 0 unspecified atom stereocenters. The smallest absolute Gasteiger partial charge is 0.251 e. The van der Waals surface area contributed by atoms with Crippen LogP contribution in [0.15, 0.2) is 36.5 Å². The molecule has 0 atom stereocenters. The first-order valence-corrected chi connectivity index (χ1v) is 7.04. The van der Waals surface area contributed by atoms with E-state index >= 15 is 0 Å². The van der Waals surface area contributed by atoms with E-state index in [1.165, 1.54) is 0 Å². The second-order valence-electron chi connectivity index (χ2n) is 5.68. The largest absolute Gasteiger partial charge is 0.347 e. The molecule has 1 saturated heterocycles. The number of piperidine rings is 1. The Kier molecular flexibility index (Phi) is 3.40. The van der Waals surface area contributed by atoms with E-state index in [0.717, 1.165) is 36.8 Å². The van der Waals surface area contributed by atoms with Crippen molar-refractivity contribution in [2.45, 2.75) is 25.3 Å². The molecule has 1 amide bonds. The van der Waals surface area contributed by atoms with E-state index in [1.54, 1.807) is 6.20 Å². The lowest BCUT2D eigenvalue weighted by Crippen LogP contribution is -2.52. The highest BCUT2D eigenvalue weighted by Gasteiger charge is 2.28. The molecule has 1 aliphatic rings. The Morgan fingerprint density at radius 3 is 2.90 bits per heavy atom. The van der Waals surface area contributed by atoms with E-state index in [2.05, 4.69) is 22.5 Å². The van der Waals surface area contributed by atoms with Crippen LogP contribution in [0.2, 0.25) is 0 Å². The molecule has 0 aliphatic carbocycles. The van der Waals surface area contributed by atoms with Gasteiger partial charge in [-0.2, -0.15) is 0 Å². The maximum absolute atomic E-state index is 12.4. The predicted octanol–water partition coefficient (Wildman–Crippen LogP) is 2.11. The molecule has 1 aromatic carbocycles. The summed E-state index contributed by atoms with van der Waals surface area (Å²) in [6.45, 7) is 4.03. The Balaban J connectivity index is 1.81. The standard InChI is InChI=1S/C16H19N3O/c1-16(6-9-17-10-7-16)19-15(20)13-4-5-14-12(11-13)3-2-8-18-14/h2-5,8,11,17H,6-7,9-10H2,1H3,(H,19,20). The summed E-state index contributed by atoms with van der Waals surface area (Å²) < 4.78 is 0. The molecule has 2 aromatic rings. The van der Waals surface area contributed by atoms with Crippen LogP contribution >= 0.6 is 0 Å². The van der Waals surface area contributed by atoms with Gasteiger partial charge >= 0.3 is 0 Å². The third kappa shape index (κ3) is 2.65. The van der Waals surface area contributed by atoms with Gasteiger partial charge in [0, 0.05) is 22.7 Å². The van der Waals surface area contributed by atoms with Crippen molar-refractivity contribution in [1.82, 2.24) is 15.6 Å². The molecule has 4 nitrogen and oxygen atoms in total. The van der Waals surface area contributed by atoms with Crippen molar-refractivity contribution in [3.8, 4) is 0 Å². The van der Waals surface area contributed by atoms with Gasteiger partial charge in [0.15, 0.2) is 0 Å². The molecule has 2 N–H and O–H groups in total. The first-order chi connectivity index (χ1) is 9.66. The van der Waals surface area contributed by atoms with E-state index in [0.29, 0.717) is 5.56 Å². The molecule has 3 rings (SSSR count). The number of pyridine rings is 1. The molecule has 1 aliphatic heterocycles. The molecule has 1 aromatic heterocycles. The summed E-state index contributed by atoms with van der Waals surface area (Å²) in [6.07, 6.45) is 3.69. The molecular formula is C16H19N3O. The SMILES string of the molecule is CC1(NC(=O)c2ccc3ncccc3c2)CCNCC1. The van der Waals surface area contributed by atoms with Gasteiger partial charge in [0.25, 0.3) is 5.91 Å². The molecule has 1 fully saturated rings. The lowest BCUT2D eigenvalue weighted by atomic mass is 9.90. The van der Waals surface area contributed by atoms with E-state index in [4.69, 9.17) is 0 Å². The lowest BCUT2D eigenvalue weighted by Gasteiger charge is -2.35. The Morgan fingerprint density at radius 2 is 2.10 bits per heavy atom. The zero-order valence-electron chi connectivity index (χ0n) is 11.6. The maximum atomic E-state index is 12.4. The summed E-state index contributed by atoms with van der Waals surface area (Å²) in [6, 6.07) is 9.51. The van der Waals surface area contributed by atoms with Crippen LogP contribution < -0.4 is 10.6 Å². The molecule has 0 spiro atoms. The summed E-state index contributed by atoms with van der Waals surface area (Å²) in [7, 11) is 0. The minimum Gasteiger partial charge on any atom is -0.347 e. The summed E-state index contributed by atoms with van der Waals surface area (Å²) in [5.41, 5.74) is 1.51. The number of benzene rings is 1. The first-order valence-electron chi connectivity index (χ1n) is 7.04. The second-order valence-corrected chi connectivity index (χ2v) is 5.68. The predicted molar refractivity (Wildman–Crippen MR) is 79.7 cm³/mol. The molecule has 104 valence electrons. The molecule has 20 heavy (non-hydrogen) atoms. The Bertz CT molecular complexity index is 632. The first kappa shape index (κ1) is 13.1. The molecule has 0 saturated carbocycles. The van der Waals surface area contributed by atoms with Crippen LogP contribution in [0.3, 0.4) is 0 Å². The van der Waals surface area contributed by atoms with Crippen LogP contribution in [-0.4, -0.2) is 29.5 Å². The number of carbonyl (C=O) groups is 1. The van der Waals surface area contributed by atoms with E-state index < -0.39 is 0 Å².